The van der Waals surface area contributed by atoms with E-state index in [1.807, 2.05) is 67.8 Å². The molecule has 0 aromatic heterocycles. The Kier molecular flexibility index (Phi) is 7.18. The zero-order valence-corrected chi connectivity index (χ0v) is 21.8. The van der Waals surface area contributed by atoms with E-state index in [-0.39, 0.29) is 66.3 Å². The lowest BCUT2D eigenvalue weighted by Gasteiger charge is -2.32. The molecule has 8 nitrogen and oxygen atoms in total. The minimum Gasteiger partial charge on any atom is -0.355 e. The van der Waals surface area contributed by atoms with Gasteiger partial charge in [0.15, 0.2) is 0 Å². The lowest BCUT2D eigenvalue weighted by Crippen LogP contribution is -2.44. The minimum absolute atomic E-state index is 0.218. The number of amides is 5. The summed E-state index contributed by atoms with van der Waals surface area (Å²) < 4.78 is 1.29. The summed E-state index contributed by atoms with van der Waals surface area (Å²) in [4.78, 5) is 65.3. The first-order chi connectivity index (χ1) is 13.7. The molecule has 0 bridgehead atoms. The van der Waals surface area contributed by atoms with Crippen molar-refractivity contribution >= 4 is 109 Å². The first-order valence-corrected chi connectivity index (χ1v) is 12.1. The molecule has 5 amide bonds. The Hall–Kier alpha value is -0.840. The number of hydrogen-bond donors (Lipinski definition) is 1. The monoisotopic (exact) mass is 735 g/mol. The number of imide groups is 2. The van der Waals surface area contributed by atoms with E-state index in [9.17, 15) is 24.0 Å². The Morgan fingerprint density at radius 2 is 1.07 bits per heavy atom. The lowest BCUT2D eigenvalue weighted by molar-refractivity contribution is -0.130. The predicted molar refractivity (Wildman–Crippen MR) is 131 cm³/mol. The topological polar surface area (TPSA) is 104 Å². The third-order valence-corrected chi connectivity index (χ3v) is 7.85. The van der Waals surface area contributed by atoms with Crippen LogP contribution in [0.2, 0.25) is 0 Å². The summed E-state index contributed by atoms with van der Waals surface area (Å²) in [6, 6.07) is 0. The van der Waals surface area contributed by atoms with Gasteiger partial charge in [0, 0.05) is 32.7 Å². The summed E-state index contributed by atoms with van der Waals surface area (Å²) in [7, 11) is 1.47. The second kappa shape index (κ2) is 9.11. The number of piperidine rings is 2. The largest absolute Gasteiger partial charge is 0.355 e. The van der Waals surface area contributed by atoms with Crippen LogP contribution in [-0.4, -0.2) is 36.6 Å². The molecule has 2 aliphatic heterocycles. The van der Waals surface area contributed by atoms with Crippen molar-refractivity contribution in [1.29, 1.82) is 0 Å². The molecule has 1 aromatic carbocycles. The Morgan fingerprint density at radius 1 is 0.724 bits per heavy atom. The number of nitrogens with zero attached hydrogens (tertiary/aromatic N) is 2. The van der Waals surface area contributed by atoms with Crippen LogP contribution in [0.1, 0.15) is 48.9 Å². The Labute approximate surface area is 207 Å². The molecule has 154 valence electrons. The highest BCUT2D eigenvalue weighted by Gasteiger charge is 2.38. The van der Waals surface area contributed by atoms with E-state index in [0.29, 0.717) is 23.6 Å². The highest BCUT2D eigenvalue weighted by Crippen LogP contribution is 2.44. The number of hydrogen-bond acceptors (Lipinski definition) is 5. The van der Waals surface area contributed by atoms with E-state index in [2.05, 4.69) is 5.32 Å². The van der Waals surface area contributed by atoms with Gasteiger partial charge in [-0.25, -0.2) is 9.80 Å². The molecule has 29 heavy (non-hydrogen) atoms. The van der Waals surface area contributed by atoms with Crippen LogP contribution in [0.5, 0.6) is 0 Å². The van der Waals surface area contributed by atoms with E-state index < -0.39 is 5.91 Å². The average molecular weight is 735 g/mol. The molecule has 2 saturated heterocycles. The van der Waals surface area contributed by atoms with Crippen LogP contribution in [0.3, 0.4) is 0 Å². The summed E-state index contributed by atoms with van der Waals surface area (Å²) in [5, 5.41) is 2.56. The molecule has 2 heterocycles. The van der Waals surface area contributed by atoms with E-state index in [1.54, 1.807) is 0 Å². The van der Waals surface area contributed by atoms with Gasteiger partial charge in [0.1, 0.15) is 0 Å². The summed E-state index contributed by atoms with van der Waals surface area (Å²) in [5.74, 6) is -1.86. The van der Waals surface area contributed by atoms with Crippen molar-refractivity contribution in [2.24, 2.45) is 0 Å². The van der Waals surface area contributed by atoms with Crippen molar-refractivity contribution in [3.8, 4) is 0 Å². The molecule has 2 fully saturated rings. The second-order valence-corrected chi connectivity index (χ2v) is 9.78. The number of carbonyl (C=O) groups is 5. The van der Waals surface area contributed by atoms with Gasteiger partial charge in [-0.3, -0.25) is 24.0 Å². The quantitative estimate of drug-likeness (QED) is 0.380. The number of rotatable bonds is 3. The van der Waals surface area contributed by atoms with Crippen molar-refractivity contribution in [1.82, 2.24) is 5.32 Å². The van der Waals surface area contributed by atoms with E-state index in [1.165, 1.54) is 7.05 Å². The maximum absolute atomic E-state index is 12.7. The van der Waals surface area contributed by atoms with Crippen LogP contribution in [0.4, 0.5) is 11.4 Å². The third-order valence-electron chi connectivity index (χ3n) is 4.73. The zero-order valence-electron chi connectivity index (χ0n) is 15.3. The predicted octanol–water partition coefficient (Wildman–Crippen LogP) is 2.95. The molecule has 0 unspecified atom stereocenters. The van der Waals surface area contributed by atoms with E-state index in [4.69, 9.17) is 0 Å². The normalized spacial score (nSPS) is 17.8. The van der Waals surface area contributed by atoms with Crippen LogP contribution >= 0.6 is 67.8 Å². The maximum Gasteiger partial charge on any atom is 0.253 e. The first kappa shape index (κ1) is 22.8. The van der Waals surface area contributed by atoms with Crippen LogP contribution in [0.15, 0.2) is 0 Å². The number of carbonyl (C=O) groups excluding carboxylic acids is 5. The zero-order chi connectivity index (χ0) is 21.5. The first-order valence-electron chi connectivity index (χ1n) is 8.84. The molecule has 1 aromatic rings. The minimum atomic E-state index is -0.425. The third kappa shape index (κ3) is 4.05. The summed E-state index contributed by atoms with van der Waals surface area (Å²) >= 11 is 5.85. The molecule has 0 saturated carbocycles. The molecule has 0 radical (unpaired) electrons. The van der Waals surface area contributed by atoms with Gasteiger partial charge in [-0.2, -0.15) is 0 Å². The van der Waals surface area contributed by atoms with Crippen molar-refractivity contribution in [2.45, 2.75) is 38.5 Å². The van der Waals surface area contributed by atoms with E-state index >= 15 is 0 Å². The molecule has 11 heteroatoms. The van der Waals surface area contributed by atoms with Gasteiger partial charge < -0.3 is 5.32 Å². The molecular weight excluding hydrogens is 719 g/mol. The van der Waals surface area contributed by atoms with Gasteiger partial charge in [0.2, 0.25) is 23.6 Å². The van der Waals surface area contributed by atoms with Gasteiger partial charge >= 0.3 is 0 Å². The molecular formula is C18H16I3N3O5. The maximum atomic E-state index is 12.7. The van der Waals surface area contributed by atoms with Crippen molar-refractivity contribution < 1.29 is 24.0 Å². The number of anilines is 2. The van der Waals surface area contributed by atoms with Crippen molar-refractivity contribution in [2.75, 3.05) is 16.8 Å². The number of benzene rings is 1. The fourth-order valence-electron chi connectivity index (χ4n) is 3.36. The van der Waals surface area contributed by atoms with Crippen LogP contribution in [-0.2, 0) is 19.2 Å². The molecule has 0 spiro atoms. The highest BCUT2D eigenvalue weighted by molar-refractivity contribution is 14.1. The Balaban J connectivity index is 2.36. The smallest absolute Gasteiger partial charge is 0.253 e. The second-order valence-electron chi connectivity index (χ2n) is 6.55. The van der Waals surface area contributed by atoms with Gasteiger partial charge in [-0.15, -0.1) is 0 Å². The van der Waals surface area contributed by atoms with Gasteiger partial charge in [0.25, 0.3) is 5.91 Å². The van der Waals surface area contributed by atoms with Crippen molar-refractivity contribution in [3.63, 3.8) is 0 Å². The molecule has 1 N–H and O–H groups in total. The lowest BCUT2D eigenvalue weighted by atomic mass is 10.0. The van der Waals surface area contributed by atoms with Gasteiger partial charge in [-0.05, 0) is 80.6 Å². The van der Waals surface area contributed by atoms with Crippen molar-refractivity contribution in [3.05, 3.63) is 16.3 Å². The van der Waals surface area contributed by atoms with Crippen LogP contribution in [0, 0.1) is 10.7 Å². The molecule has 2 aliphatic rings. The summed E-state index contributed by atoms with van der Waals surface area (Å²) in [5.41, 5.74) is 0.763. The van der Waals surface area contributed by atoms with Gasteiger partial charge in [0.05, 0.1) is 27.6 Å². The van der Waals surface area contributed by atoms with Crippen LogP contribution in [0.25, 0.3) is 0 Å². The summed E-state index contributed by atoms with van der Waals surface area (Å²) in [6.07, 6.45) is 1.83. The molecule has 0 atom stereocenters. The highest BCUT2D eigenvalue weighted by atomic mass is 127. The Morgan fingerprint density at radius 3 is 1.38 bits per heavy atom. The van der Waals surface area contributed by atoms with Crippen LogP contribution < -0.4 is 15.1 Å². The molecule has 0 aliphatic carbocycles. The fourth-order valence-corrected chi connectivity index (χ4v) is 7.98. The SMILES string of the molecule is CNC(=O)c1c(I)c(N2C(=O)CCCC2=O)c(I)c(N2C(=O)CCCC2=O)c1I. The molecule has 3 rings (SSSR count). The summed E-state index contributed by atoms with van der Waals surface area (Å²) in [6.45, 7) is 0. The standard InChI is InChI=1S/C18H16I3N3O5/c1-22-18(29)12-13(19)16(23-8(25)4-2-5-9(23)26)15(21)17(14(12)20)24-10(27)6-3-7-11(24)28/h2-7H2,1H3,(H,22,29). The van der Waals surface area contributed by atoms with Gasteiger partial charge in [-0.1, -0.05) is 0 Å². The fraction of sp³-hybridized carbons (Fsp3) is 0.389. The van der Waals surface area contributed by atoms with E-state index in [0.717, 1.165) is 9.80 Å². The average Bonchev–Trinajstić information content (AvgIpc) is 2.66. The number of halogens is 3. The number of nitrogens with one attached hydrogen (secondary N) is 1. The Bertz CT molecular complexity index is 866.